The van der Waals surface area contributed by atoms with Crippen LogP contribution in [0.4, 0.5) is 5.82 Å². The molecule has 4 heterocycles. The predicted molar refractivity (Wildman–Crippen MR) is 100 cm³/mol. The number of piperazine rings is 1. The van der Waals surface area contributed by atoms with Crippen LogP contribution in [-0.2, 0) is 6.54 Å². The molecule has 26 heavy (non-hydrogen) atoms. The average Bonchev–Trinajstić information content (AvgIpc) is 3.23. The largest absolute Gasteiger partial charge is 0.352 e. The Morgan fingerprint density at radius 1 is 1.00 bits per heavy atom. The third-order valence-corrected chi connectivity index (χ3v) is 4.99. The minimum Gasteiger partial charge on any atom is -0.352 e. The molecule has 1 aliphatic heterocycles. The SMILES string of the molecule is O=c1ccc(-c2ccncc2)nn1CCN1CCN(c2cnsn2)CC1. The van der Waals surface area contributed by atoms with Crippen LogP contribution in [-0.4, -0.2) is 61.1 Å². The summed E-state index contributed by atoms with van der Waals surface area (Å²) in [6.45, 7) is 5.11. The van der Waals surface area contributed by atoms with Crippen molar-refractivity contribution < 1.29 is 0 Å². The first-order valence-corrected chi connectivity index (χ1v) is 9.26. The van der Waals surface area contributed by atoms with Gasteiger partial charge in [-0.2, -0.15) is 13.8 Å². The van der Waals surface area contributed by atoms with Crippen molar-refractivity contribution in [1.29, 1.82) is 0 Å². The summed E-state index contributed by atoms with van der Waals surface area (Å²) >= 11 is 1.24. The third-order valence-electron chi connectivity index (χ3n) is 4.52. The number of hydrogen-bond acceptors (Lipinski definition) is 8. The average molecular weight is 369 g/mol. The van der Waals surface area contributed by atoms with E-state index in [2.05, 4.69) is 28.6 Å². The van der Waals surface area contributed by atoms with Crippen LogP contribution >= 0.6 is 11.7 Å². The summed E-state index contributed by atoms with van der Waals surface area (Å²) in [5, 5.41) is 4.50. The van der Waals surface area contributed by atoms with Crippen LogP contribution in [0, 0.1) is 0 Å². The summed E-state index contributed by atoms with van der Waals surface area (Å²) in [7, 11) is 0. The molecule has 9 heteroatoms. The van der Waals surface area contributed by atoms with E-state index < -0.39 is 0 Å². The molecule has 0 aliphatic carbocycles. The van der Waals surface area contributed by atoms with Crippen molar-refractivity contribution in [3.8, 4) is 11.3 Å². The second-order valence-corrected chi connectivity index (χ2v) is 6.67. The Labute approximate surface area is 155 Å². The number of aromatic nitrogens is 5. The Hall–Kier alpha value is -2.65. The minimum absolute atomic E-state index is 0.0741. The van der Waals surface area contributed by atoms with E-state index in [-0.39, 0.29) is 5.56 Å². The van der Waals surface area contributed by atoms with Crippen LogP contribution in [0.3, 0.4) is 0 Å². The molecule has 0 unspecified atom stereocenters. The van der Waals surface area contributed by atoms with Crippen LogP contribution in [0.25, 0.3) is 11.3 Å². The normalized spacial score (nSPS) is 15.3. The summed E-state index contributed by atoms with van der Waals surface area (Å²) in [6, 6.07) is 7.12. The van der Waals surface area contributed by atoms with Crippen LogP contribution in [0.15, 0.2) is 47.7 Å². The van der Waals surface area contributed by atoms with Gasteiger partial charge in [-0.1, -0.05) is 0 Å². The van der Waals surface area contributed by atoms with E-state index in [4.69, 9.17) is 0 Å². The lowest BCUT2D eigenvalue weighted by Gasteiger charge is -2.34. The summed E-state index contributed by atoms with van der Waals surface area (Å²) < 4.78 is 9.90. The second kappa shape index (κ2) is 7.71. The van der Waals surface area contributed by atoms with Crippen molar-refractivity contribution in [2.45, 2.75) is 6.54 Å². The highest BCUT2D eigenvalue weighted by Gasteiger charge is 2.18. The topological polar surface area (TPSA) is 80.0 Å². The van der Waals surface area contributed by atoms with Gasteiger partial charge in [0.15, 0.2) is 5.82 Å². The Balaban J connectivity index is 1.37. The van der Waals surface area contributed by atoms with Gasteiger partial charge in [-0.15, -0.1) is 0 Å². The van der Waals surface area contributed by atoms with Gasteiger partial charge >= 0.3 is 0 Å². The van der Waals surface area contributed by atoms with Gasteiger partial charge in [-0.3, -0.25) is 14.7 Å². The number of anilines is 1. The van der Waals surface area contributed by atoms with Gasteiger partial charge < -0.3 is 4.90 Å². The van der Waals surface area contributed by atoms with Crippen molar-refractivity contribution >= 4 is 17.5 Å². The number of nitrogens with zero attached hydrogens (tertiary/aromatic N) is 7. The first-order chi connectivity index (χ1) is 12.8. The van der Waals surface area contributed by atoms with E-state index in [1.165, 1.54) is 11.7 Å². The zero-order valence-corrected chi connectivity index (χ0v) is 15.0. The monoisotopic (exact) mass is 369 g/mol. The first kappa shape index (κ1) is 16.8. The van der Waals surface area contributed by atoms with E-state index in [0.717, 1.165) is 49.8 Å². The van der Waals surface area contributed by atoms with Gasteiger partial charge in [0.05, 0.1) is 30.2 Å². The molecule has 1 fully saturated rings. The molecule has 0 radical (unpaired) electrons. The molecule has 3 aromatic heterocycles. The van der Waals surface area contributed by atoms with Crippen LogP contribution in [0.5, 0.6) is 0 Å². The molecule has 134 valence electrons. The van der Waals surface area contributed by atoms with Crippen LogP contribution in [0.2, 0.25) is 0 Å². The molecule has 1 saturated heterocycles. The molecule has 3 aromatic rings. The maximum atomic E-state index is 12.1. The van der Waals surface area contributed by atoms with Gasteiger partial charge in [0.2, 0.25) is 0 Å². The molecule has 0 bridgehead atoms. The van der Waals surface area contributed by atoms with E-state index >= 15 is 0 Å². The van der Waals surface area contributed by atoms with Gasteiger partial charge in [-0.25, -0.2) is 4.68 Å². The standard InChI is InChI=1S/C17H19N7OS/c25-17-2-1-15(14-3-5-18-6-4-14)20-24(17)12-9-22-7-10-23(11-8-22)16-13-19-26-21-16/h1-6,13H,7-12H2. The fourth-order valence-corrected chi connectivity index (χ4v) is 3.46. The molecule has 0 amide bonds. The molecule has 1 aliphatic rings. The smallest absolute Gasteiger partial charge is 0.266 e. The molecular formula is C17H19N7OS. The predicted octanol–water partition coefficient (Wildman–Crippen LogP) is 0.979. The van der Waals surface area contributed by atoms with Crippen molar-refractivity contribution in [3.05, 3.63) is 53.2 Å². The highest BCUT2D eigenvalue weighted by atomic mass is 32.1. The fourth-order valence-electron chi connectivity index (χ4n) is 3.02. The lowest BCUT2D eigenvalue weighted by atomic mass is 10.2. The minimum atomic E-state index is -0.0741. The first-order valence-electron chi connectivity index (χ1n) is 8.53. The van der Waals surface area contributed by atoms with Crippen molar-refractivity contribution in [3.63, 3.8) is 0 Å². The Bertz CT molecular complexity index is 889. The van der Waals surface area contributed by atoms with E-state index in [0.29, 0.717) is 6.54 Å². The summed E-state index contributed by atoms with van der Waals surface area (Å²) in [6.07, 6.45) is 5.27. The Kier molecular flexibility index (Phi) is 4.98. The molecule has 4 rings (SSSR count). The van der Waals surface area contributed by atoms with Crippen LogP contribution < -0.4 is 10.5 Å². The van der Waals surface area contributed by atoms with E-state index in [9.17, 15) is 4.79 Å². The van der Waals surface area contributed by atoms with Gasteiger partial charge in [-0.05, 0) is 18.2 Å². The maximum absolute atomic E-state index is 12.1. The fraction of sp³-hybridized carbons (Fsp3) is 0.353. The summed E-state index contributed by atoms with van der Waals surface area (Å²) in [4.78, 5) is 20.7. The quantitative estimate of drug-likeness (QED) is 0.663. The van der Waals surface area contributed by atoms with E-state index in [1.807, 2.05) is 18.3 Å². The Morgan fingerprint density at radius 2 is 1.81 bits per heavy atom. The van der Waals surface area contributed by atoms with Gasteiger partial charge in [0.1, 0.15) is 0 Å². The van der Waals surface area contributed by atoms with Gasteiger partial charge in [0.25, 0.3) is 5.56 Å². The summed E-state index contributed by atoms with van der Waals surface area (Å²) in [5.41, 5.74) is 1.67. The molecular weight excluding hydrogens is 350 g/mol. The molecule has 8 nitrogen and oxygen atoms in total. The highest BCUT2D eigenvalue weighted by Crippen LogP contribution is 2.14. The van der Waals surface area contributed by atoms with Crippen molar-refractivity contribution in [2.24, 2.45) is 0 Å². The number of hydrogen-bond donors (Lipinski definition) is 0. The lowest BCUT2D eigenvalue weighted by Crippen LogP contribution is -2.47. The van der Waals surface area contributed by atoms with Crippen molar-refractivity contribution in [2.75, 3.05) is 37.6 Å². The molecule has 0 atom stereocenters. The number of rotatable bonds is 5. The van der Waals surface area contributed by atoms with Gasteiger partial charge in [0, 0.05) is 56.7 Å². The zero-order valence-electron chi connectivity index (χ0n) is 14.2. The molecule has 0 spiro atoms. The molecule has 0 N–H and O–H groups in total. The number of pyridine rings is 1. The lowest BCUT2D eigenvalue weighted by molar-refractivity contribution is 0.242. The van der Waals surface area contributed by atoms with E-state index in [1.54, 1.807) is 29.2 Å². The zero-order chi connectivity index (χ0) is 17.8. The third kappa shape index (κ3) is 3.78. The second-order valence-electron chi connectivity index (χ2n) is 6.11. The van der Waals surface area contributed by atoms with Crippen molar-refractivity contribution in [1.82, 2.24) is 28.4 Å². The molecule has 0 aromatic carbocycles. The maximum Gasteiger partial charge on any atom is 0.266 e. The Morgan fingerprint density at radius 3 is 2.54 bits per heavy atom. The highest BCUT2D eigenvalue weighted by molar-refractivity contribution is 6.99. The van der Waals surface area contributed by atoms with Crippen LogP contribution in [0.1, 0.15) is 0 Å². The summed E-state index contributed by atoms with van der Waals surface area (Å²) in [5.74, 6) is 0.956. The molecule has 0 saturated carbocycles.